The number of benzene rings is 2. The molecule has 0 saturated carbocycles. The van der Waals surface area contributed by atoms with Gasteiger partial charge in [0.1, 0.15) is 11.5 Å². The Morgan fingerprint density at radius 2 is 1.63 bits per heavy atom. The van der Waals surface area contributed by atoms with E-state index < -0.39 is 17.7 Å². The van der Waals surface area contributed by atoms with E-state index in [4.69, 9.17) is 5.73 Å². The molecule has 0 fully saturated rings. The Balaban J connectivity index is 1.60. The summed E-state index contributed by atoms with van der Waals surface area (Å²) in [5.41, 5.74) is 7.96. The largest absolute Gasteiger partial charge is 0.397 e. The number of hydrogen-bond donors (Lipinski definition) is 2. The number of nitrogens with zero attached hydrogens (tertiary/aromatic N) is 3. The molecule has 2 heterocycles. The van der Waals surface area contributed by atoms with Crippen LogP contribution in [-0.2, 0) is 13.1 Å². The maximum Gasteiger partial charge on any atom is 0.322 e. The van der Waals surface area contributed by atoms with Gasteiger partial charge in [-0.05, 0) is 29.8 Å². The number of anilines is 2. The molecule has 1 aromatic heterocycles. The van der Waals surface area contributed by atoms with E-state index in [-0.39, 0.29) is 30.0 Å². The van der Waals surface area contributed by atoms with Crippen molar-refractivity contribution in [3.05, 3.63) is 71.8 Å². The van der Waals surface area contributed by atoms with E-state index in [0.717, 1.165) is 0 Å². The predicted molar refractivity (Wildman–Crippen MR) is 96.5 cm³/mol. The monoisotopic (exact) mass is 367 g/mol. The van der Waals surface area contributed by atoms with Crippen molar-refractivity contribution in [1.29, 1.82) is 0 Å². The van der Waals surface area contributed by atoms with Gasteiger partial charge in [0, 0.05) is 18.0 Å². The first-order valence-corrected chi connectivity index (χ1v) is 8.21. The van der Waals surface area contributed by atoms with Crippen LogP contribution in [0.1, 0.15) is 11.4 Å². The smallest absolute Gasteiger partial charge is 0.322 e. The van der Waals surface area contributed by atoms with E-state index in [2.05, 4.69) is 15.3 Å². The summed E-state index contributed by atoms with van der Waals surface area (Å²) in [6.07, 6.45) is 3.12. The summed E-state index contributed by atoms with van der Waals surface area (Å²) in [5.74, 6) is -1.10. The molecule has 2 aromatic carbocycles. The normalized spacial score (nSPS) is 12.7. The third-order valence-corrected chi connectivity index (χ3v) is 4.39. The van der Waals surface area contributed by atoms with Crippen molar-refractivity contribution in [3.8, 4) is 11.1 Å². The van der Waals surface area contributed by atoms with Crippen molar-refractivity contribution in [3.63, 3.8) is 0 Å². The maximum atomic E-state index is 15.0. The molecular weight excluding hydrogens is 352 g/mol. The number of halogens is 2. The minimum absolute atomic E-state index is 0.0969. The van der Waals surface area contributed by atoms with E-state index in [0.29, 0.717) is 17.0 Å². The third-order valence-electron chi connectivity index (χ3n) is 4.39. The van der Waals surface area contributed by atoms with Gasteiger partial charge in [-0.15, -0.1) is 0 Å². The quantitative estimate of drug-likeness (QED) is 0.679. The van der Waals surface area contributed by atoms with Crippen LogP contribution in [0.15, 0.2) is 48.8 Å². The van der Waals surface area contributed by atoms with Crippen molar-refractivity contribution in [2.24, 2.45) is 0 Å². The number of amides is 2. The van der Waals surface area contributed by atoms with Gasteiger partial charge < -0.3 is 16.0 Å². The topological polar surface area (TPSA) is 84.1 Å². The van der Waals surface area contributed by atoms with Gasteiger partial charge >= 0.3 is 6.03 Å². The number of carbonyl (C=O) groups is 1. The Morgan fingerprint density at radius 3 is 2.26 bits per heavy atom. The summed E-state index contributed by atoms with van der Waals surface area (Å²) in [6, 6.07) is 7.90. The highest BCUT2D eigenvalue weighted by molar-refractivity contribution is 5.94. The van der Waals surface area contributed by atoms with Gasteiger partial charge in [0.25, 0.3) is 0 Å². The number of carbonyl (C=O) groups excluding carboxylic acids is 1. The van der Waals surface area contributed by atoms with Crippen LogP contribution in [0, 0.1) is 11.6 Å². The molecule has 4 rings (SSSR count). The Kier molecular flexibility index (Phi) is 4.15. The average Bonchev–Trinajstić information content (AvgIpc) is 3.10. The second-order valence-corrected chi connectivity index (χ2v) is 6.13. The molecule has 1 aliphatic rings. The van der Waals surface area contributed by atoms with Crippen LogP contribution in [0.2, 0.25) is 0 Å². The lowest BCUT2D eigenvalue weighted by molar-refractivity contribution is 0.212. The maximum absolute atomic E-state index is 15.0. The second kappa shape index (κ2) is 6.64. The van der Waals surface area contributed by atoms with Gasteiger partial charge in [-0.25, -0.2) is 13.6 Å². The number of nitrogens with one attached hydrogen (secondary N) is 1. The molecule has 0 unspecified atom stereocenters. The standard InChI is InChI=1S/C19H15F2N5O/c20-12-3-1-11(2-4-12)13-5-6-14(22)18(17(13)21)25-19(27)26-9-15-16(10-26)24-8-7-23-15/h1-8H,9-10,22H2,(H,25,27). The van der Waals surface area contributed by atoms with E-state index in [1.54, 1.807) is 12.4 Å². The number of urea groups is 1. The van der Waals surface area contributed by atoms with Crippen LogP contribution in [0.25, 0.3) is 11.1 Å². The number of rotatable bonds is 2. The number of aromatic nitrogens is 2. The van der Waals surface area contributed by atoms with Crippen molar-refractivity contribution >= 4 is 17.4 Å². The number of fused-ring (bicyclic) bond motifs is 1. The average molecular weight is 367 g/mol. The predicted octanol–water partition coefficient (Wildman–Crippen LogP) is 3.55. The molecule has 2 amide bonds. The van der Waals surface area contributed by atoms with Gasteiger partial charge in [0.2, 0.25) is 0 Å². The number of nitrogen functional groups attached to an aromatic ring is 1. The van der Waals surface area contributed by atoms with Crippen molar-refractivity contribution in [2.75, 3.05) is 11.1 Å². The zero-order valence-electron chi connectivity index (χ0n) is 14.1. The van der Waals surface area contributed by atoms with Crippen LogP contribution < -0.4 is 11.1 Å². The van der Waals surface area contributed by atoms with E-state index >= 15 is 0 Å². The Bertz CT molecular complexity index is 998. The Labute approximate surface area is 153 Å². The van der Waals surface area contributed by atoms with Crippen LogP contribution in [0.3, 0.4) is 0 Å². The first-order chi connectivity index (χ1) is 13.0. The summed E-state index contributed by atoms with van der Waals surface area (Å²) in [5, 5.41) is 2.53. The Morgan fingerprint density at radius 1 is 1.00 bits per heavy atom. The van der Waals surface area contributed by atoms with Crippen LogP contribution >= 0.6 is 0 Å². The molecule has 0 radical (unpaired) electrons. The SMILES string of the molecule is Nc1ccc(-c2ccc(F)cc2)c(F)c1NC(=O)N1Cc2nccnc2C1. The summed E-state index contributed by atoms with van der Waals surface area (Å²) in [4.78, 5) is 22.4. The van der Waals surface area contributed by atoms with Crippen molar-refractivity contribution in [2.45, 2.75) is 13.1 Å². The summed E-state index contributed by atoms with van der Waals surface area (Å²) >= 11 is 0. The van der Waals surface area contributed by atoms with Gasteiger partial charge in [-0.2, -0.15) is 0 Å². The lowest BCUT2D eigenvalue weighted by Crippen LogP contribution is -2.31. The number of hydrogen-bond acceptors (Lipinski definition) is 4. The lowest BCUT2D eigenvalue weighted by Gasteiger charge is -2.18. The highest BCUT2D eigenvalue weighted by Crippen LogP contribution is 2.33. The molecule has 0 bridgehead atoms. The molecule has 0 spiro atoms. The molecule has 1 aliphatic heterocycles. The van der Waals surface area contributed by atoms with Gasteiger partial charge in [0.15, 0.2) is 5.82 Å². The molecule has 0 aliphatic carbocycles. The Hall–Kier alpha value is -3.55. The molecule has 136 valence electrons. The van der Waals surface area contributed by atoms with Crippen molar-refractivity contribution < 1.29 is 13.6 Å². The fourth-order valence-corrected chi connectivity index (χ4v) is 2.98. The summed E-state index contributed by atoms with van der Waals surface area (Å²) in [6.45, 7) is 0.572. The highest BCUT2D eigenvalue weighted by atomic mass is 19.1. The first-order valence-electron chi connectivity index (χ1n) is 8.21. The minimum Gasteiger partial charge on any atom is -0.397 e. The van der Waals surface area contributed by atoms with Crippen LogP contribution in [0.5, 0.6) is 0 Å². The van der Waals surface area contributed by atoms with Crippen LogP contribution in [-0.4, -0.2) is 20.9 Å². The molecular formula is C19H15F2N5O. The molecule has 3 N–H and O–H groups in total. The molecule has 3 aromatic rings. The molecule has 27 heavy (non-hydrogen) atoms. The van der Waals surface area contributed by atoms with Gasteiger partial charge in [0.05, 0.1) is 30.2 Å². The molecule has 0 saturated heterocycles. The zero-order chi connectivity index (χ0) is 19.0. The first kappa shape index (κ1) is 16.9. The van der Waals surface area contributed by atoms with Gasteiger partial charge in [-0.1, -0.05) is 12.1 Å². The number of nitrogens with two attached hydrogens (primary N) is 1. The van der Waals surface area contributed by atoms with E-state index in [1.807, 2.05) is 0 Å². The van der Waals surface area contributed by atoms with Crippen LogP contribution in [0.4, 0.5) is 25.0 Å². The highest BCUT2D eigenvalue weighted by Gasteiger charge is 2.26. The molecule has 8 heteroatoms. The molecule has 0 atom stereocenters. The summed E-state index contributed by atoms with van der Waals surface area (Å²) < 4.78 is 28.1. The van der Waals surface area contributed by atoms with Crippen molar-refractivity contribution in [1.82, 2.24) is 14.9 Å². The fraction of sp³-hybridized carbons (Fsp3) is 0.105. The minimum atomic E-state index is -0.678. The molecule has 6 nitrogen and oxygen atoms in total. The van der Waals surface area contributed by atoms with E-state index in [9.17, 15) is 13.6 Å². The third kappa shape index (κ3) is 3.17. The van der Waals surface area contributed by atoms with Gasteiger partial charge in [-0.3, -0.25) is 9.97 Å². The second-order valence-electron chi connectivity index (χ2n) is 6.13. The van der Waals surface area contributed by atoms with E-state index in [1.165, 1.54) is 41.3 Å². The zero-order valence-corrected chi connectivity index (χ0v) is 14.1. The summed E-state index contributed by atoms with van der Waals surface area (Å²) in [7, 11) is 0. The lowest BCUT2D eigenvalue weighted by atomic mass is 10.0. The fourth-order valence-electron chi connectivity index (χ4n) is 2.98.